The molecule has 6 heteroatoms. The van der Waals surface area contributed by atoms with Crippen LogP contribution in [0.5, 0.6) is 0 Å². The van der Waals surface area contributed by atoms with Gasteiger partial charge in [-0.3, -0.25) is 14.4 Å². The van der Waals surface area contributed by atoms with Crippen molar-refractivity contribution >= 4 is 17.9 Å². The Bertz CT molecular complexity index is 1480. The van der Waals surface area contributed by atoms with Crippen LogP contribution >= 0.6 is 0 Å². The first-order valence-corrected chi connectivity index (χ1v) is 33.6. The lowest BCUT2D eigenvalue weighted by atomic mass is 10.0. The number of ether oxygens (including phenoxy) is 3. The summed E-state index contributed by atoms with van der Waals surface area (Å²) in [5, 5.41) is 0. The first kappa shape index (κ1) is 74.6. The average molecular weight is 1090 g/mol. The van der Waals surface area contributed by atoms with E-state index in [0.29, 0.717) is 19.3 Å². The van der Waals surface area contributed by atoms with Gasteiger partial charge < -0.3 is 14.2 Å². The van der Waals surface area contributed by atoms with Crippen molar-refractivity contribution in [2.24, 2.45) is 0 Å². The maximum absolute atomic E-state index is 12.9. The summed E-state index contributed by atoms with van der Waals surface area (Å²) >= 11 is 0. The Labute approximate surface area is 484 Å². The zero-order valence-corrected chi connectivity index (χ0v) is 51.7. The fourth-order valence-electron chi connectivity index (χ4n) is 9.66. The molecule has 450 valence electrons. The lowest BCUT2D eigenvalue weighted by Crippen LogP contribution is -2.30. The summed E-state index contributed by atoms with van der Waals surface area (Å²) in [6.07, 6.45) is 87.4. The van der Waals surface area contributed by atoms with Gasteiger partial charge in [-0.05, 0) is 77.0 Å². The van der Waals surface area contributed by atoms with Crippen molar-refractivity contribution < 1.29 is 28.6 Å². The molecule has 0 aromatic heterocycles. The Hall–Kier alpha value is -3.41. The van der Waals surface area contributed by atoms with E-state index in [0.717, 1.165) is 109 Å². The van der Waals surface area contributed by atoms with Gasteiger partial charge in [-0.25, -0.2) is 0 Å². The van der Waals surface area contributed by atoms with Crippen molar-refractivity contribution in [2.75, 3.05) is 13.2 Å². The molecule has 0 saturated carbocycles. The van der Waals surface area contributed by atoms with Gasteiger partial charge in [0.2, 0.25) is 0 Å². The number of carbonyl (C=O) groups is 3. The third-order valence-electron chi connectivity index (χ3n) is 14.7. The minimum atomic E-state index is -0.789. The fourth-order valence-corrected chi connectivity index (χ4v) is 9.66. The van der Waals surface area contributed by atoms with Crippen molar-refractivity contribution in [3.63, 3.8) is 0 Å². The first-order chi connectivity index (χ1) is 38.5. The van der Waals surface area contributed by atoms with Crippen LogP contribution in [0.4, 0.5) is 0 Å². The summed E-state index contributed by atoms with van der Waals surface area (Å²) in [5.74, 6) is -0.898. The van der Waals surface area contributed by atoms with Crippen LogP contribution in [0.2, 0.25) is 0 Å². The van der Waals surface area contributed by atoms with Gasteiger partial charge >= 0.3 is 17.9 Å². The quantitative estimate of drug-likeness (QED) is 0.0261. The Morgan fingerprint density at radius 2 is 0.500 bits per heavy atom. The maximum Gasteiger partial charge on any atom is 0.306 e. The molecule has 0 rings (SSSR count). The molecule has 0 aliphatic rings. The van der Waals surface area contributed by atoms with Crippen LogP contribution in [0.3, 0.4) is 0 Å². The number of unbranched alkanes of at least 4 members (excludes halogenated alkanes) is 36. The van der Waals surface area contributed by atoms with Crippen molar-refractivity contribution in [1.82, 2.24) is 0 Å². The summed E-state index contributed by atoms with van der Waals surface area (Å²) in [4.78, 5) is 38.4. The first-order valence-electron chi connectivity index (χ1n) is 33.6. The number of allylic oxidation sites excluding steroid dienone is 14. The lowest BCUT2D eigenvalue weighted by Gasteiger charge is -2.18. The van der Waals surface area contributed by atoms with Gasteiger partial charge in [-0.2, -0.15) is 0 Å². The van der Waals surface area contributed by atoms with E-state index < -0.39 is 6.10 Å². The highest BCUT2D eigenvalue weighted by atomic mass is 16.6. The highest BCUT2D eigenvalue weighted by molar-refractivity contribution is 5.71. The normalized spacial score (nSPS) is 12.6. The zero-order valence-electron chi connectivity index (χ0n) is 51.7. The molecule has 0 radical (unpaired) electrons. The Morgan fingerprint density at radius 1 is 0.269 bits per heavy atom. The maximum atomic E-state index is 12.9. The fraction of sp³-hybridized carbons (Fsp3) is 0.764. The minimum Gasteiger partial charge on any atom is -0.462 e. The second-order valence-electron chi connectivity index (χ2n) is 22.4. The van der Waals surface area contributed by atoms with E-state index in [9.17, 15) is 14.4 Å². The molecule has 0 aliphatic heterocycles. The van der Waals surface area contributed by atoms with Crippen molar-refractivity contribution in [1.29, 1.82) is 0 Å². The van der Waals surface area contributed by atoms with Crippen molar-refractivity contribution in [2.45, 2.75) is 341 Å². The van der Waals surface area contributed by atoms with E-state index in [1.54, 1.807) is 0 Å². The second kappa shape index (κ2) is 66.1. The number of hydrogen-bond acceptors (Lipinski definition) is 6. The third-order valence-corrected chi connectivity index (χ3v) is 14.7. The molecular weight excluding hydrogens is 961 g/mol. The van der Waals surface area contributed by atoms with Gasteiger partial charge in [0.1, 0.15) is 13.2 Å². The van der Waals surface area contributed by atoms with Gasteiger partial charge in [-0.15, -0.1) is 0 Å². The summed E-state index contributed by atoms with van der Waals surface area (Å²) < 4.78 is 16.9. The summed E-state index contributed by atoms with van der Waals surface area (Å²) in [6, 6.07) is 0. The van der Waals surface area contributed by atoms with E-state index in [2.05, 4.69) is 106 Å². The van der Waals surface area contributed by atoms with Crippen LogP contribution in [-0.4, -0.2) is 37.2 Å². The largest absolute Gasteiger partial charge is 0.462 e. The van der Waals surface area contributed by atoms with Crippen molar-refractivity contribution in [3.05, 3.63) is 85.1 Å². The summed E-state index contributed by atoms with van der Waals surface area (Å²) in [5.41, 5.74) is 0. The Kier molecular flexibility index (Phi) is 63.2. The smallest absolute Gasteiger partial charge is 0.306 e. The molecule has 1 unspecified atom stereocenters. The number of rotatable bonds is 61. The standard InChI is InChI=1S/C72H126O6/c1-4-7-10-13-16-19-22-25-28-30-32-34-35-36-37-39-40-42-44-47-50-53-56-59-62-65-71(74)77-68-69(67-76-70(73)64-61-58-55-52-49-46-27-24-21-18-15-12-9-6-3)78-72(75)66-63-60-57-54-51-48-45-43-41-38-33-31-29-26-23-20-17-14-11-8-5-2/h7,10,16,19,25,28,32,34,36-37,40,42,47,50,69H,4-6,8-9,11-15,17-18,20-24,26-27,29-31,33,35,38-39,41,43-46,48-49,51-68H2,1-3H3/b10-7-,19-16-,28-25-,34-32-,37-36-,42-40-,50-47-. The van der Waals surface area contributed by atoms with E-state index in [1.165, 1.54) is 186 Å². The van der Waals surface area contributed by atoms with Gasteiger partial charge in [0.05, 0.1) is 0 Å². The van der Waals surface area contributed by atoms with Crippen LogP contribution in [-0.2, 0) is 28.6 Å². The highest BCUT2D eigenvalue weighted by Crippen LogP contribution is 2.17. The Balaban J connectivity index is 4.38. The van der Waals surface area contributed by atoms with E-state index >= 15 is 0 Å². The summed E-state index contributed by atoms with van der Waals surface area (Å²) in [6.45, 7) is 6.55. The SMILES string of the molecule is CC/C=C\C/C=C\C/C=C\C/C=C\C/C=C\C/C=C\C/C=C\CCCCCC(=O)OCC(COC(=O)CCCCCCCCCCCCCCCC)OC(=O)CCCCCCCCCCCCCCCCCCCCCCC. The van der Waals surface area contributed by atoms with Gasteiger partial charge in [0.15, 0.2) is 6.10 Å². The molecule has 0 amide bonds. The molecule has 0 aliphatic carbocycles. The monoisotopic (exact) mass is 1090 g/mol. The Morgan fingerprint density at radius 3 is 0.782 bits per heavy atom. The molecule has 1 atom stereocenters. The highest BCUT2D eigenvalue weighted by Gasteiger charge is 2.19. The molecule has 0 N–H and O–H groups in total. The second-order valence-corrected chi connectivity index (χ2v) is 22.4. The van der Waals surface area contributed by atoms with Crippen LogP contribution in [0, 0.1) is 0 Å². The van der Waals surface area contributed by atoms with Crippen LogP contribution in [0.25, 0.3) is 0 Å². The molecule has 0 aromatic rings. The number of hydrogen-bond donors (Lipinski definition) is 0. The molecule has 0 heterocycles. The number of esters is 3. The predicted octanol–water partition coefficient (Wildman–Crippen LogP) is 23.1. The topological polar surface area (TPSA) is 78.9 Å². The van der Waals surface area contributed by atoms with Crippen LogP contribution in [0.15, 0.2) is 85.1 Å². The predicted molar refractivity (Wildman–Crippen MR) is 339 cm³/mol. The molecule has 0 bridgehead atoms. The lowest BCUT2D eigenvalue weighted by molar-refractivity contribution is -0.167. The van der Waals surface area contributed by atoms with Gasteiger partial charge in [-0.1, -0.05) is 324 Å². The molecule has 0 saturated heterocycles. The minimum absolute atomic E-state index is 0.0827. The molecule has 0 spiro atoms. The van der Waals surface area contributed by atoms with Crippen LogP contribution in [0.1, 0.15) is 335 Å². The molecular formula is C72H126O6. The molecule has 78 heavy (non-hydrogen) atoms. The van der Waals surface area contributed by atoms with E-state index in [-0.39, 0.29) is 31.1 Å². The summed E-state index contributed by atoms with van der Waals surface area (Å²) in [7, 11) is 0. The van der Waals surface area contributed by atoms with Gasteiger partial charge in [0, 0.05) is 19.3 Å². The third kappa shape index (κ3) is 63.4. The van der Waals surface area contributed by atoms with E-state index in [4.69, 9.17) is 14.2 Å². The van der Waals surface area contributed by atoms with E-state index in [1.807, 2.05) is 0 Å². The molecule has 6 nitrogen and oxygen atoms in total. The molecule has 0 aromatic carbocycles. The zero-order chi connectivity index (χ0) is 56.4. The van der Waals surface area contributed by atoms with Crippen molar-refractivity contribution in [3.8, 4) is 0 Å². The average Bonchev–Trinajstić information content (AvgIpc) is 3.44. The van der Waals surface area contributed by atoms with Crippen LogP contribution < -0.4 is 0 Å². The van der Waals surface area contributed by atoms with Gasteiger partial charge in [0.25, 0.3) is 0 Å². The molecule has 0 fully saturated rings. The number of carbonyl (C=O) groups excluding carboxylic acids is 3.